The van der Waals surface area contributed by atoms with E-state index in [1.54, 1.807) is 11.1 Å². The summed E-state index contributed by atoms with van der Waals surface area (Å²) in [5, 5.41) is 0. The summed E-state index contributed by atoms with van der Waals surface area (Å²) in [5.74, 6) is 0.540. The molecule has 32 heavy (non-hydrogen) atoms. The summed E-state index contributed by atoms with van der Waals surface area (Å²) >= 11 is 0. The van der Waals surface area contributed by atoms with Crippen LogP contribution >= 0.6 is 0 Å². The molecule has 4 rings (SSSR count). The summed E-state index contributed by atoms with van der Waals surface area (Å²) in [4.78, 5) is 0. The SMILES string of the molecule is CCCC1/C(=C\C=C\C2=C(CC)CCc3ccccc3C2(C)C)C(C)(C)c2ccccc21. The van der Waals surface area contributed by atoms with E-state index in [1.165, 1.54) is 47.1 Å². The van der Waals surface area contributed by atoms with Crippen molar-refractivity contribution in [3.05, 3.63) is 106 Å². The van der Waals surface area contributed by atoms with Gasteiger partial charge in [0.05, 0.1) is 0 Å². The average Bonchev–Trinajstić information content (AvgIpc) is 2.92. The van der Waals surface area contributed by atoms with Crippen molar-refractivity contribution in [2.45, 2.75) is 90.4 Å². The first-order valence-electron chi connectivity index (χ1n) is 12.6. The Balaban J connectivity index is 1.75. The van der Waals surface area contributed by atoms with Crippen molar-refractivity contribution < 1.29 is 0 Å². The van der Waals surface area contributed by atoms with Gasteiger partial charge in [0, 0.05) is 16.7 Å². The van der Waals surface area contributed by atoms with Gasteiger partial charge in [-0.25, -0.2) is 0 Å². The van der Waals surface area contributed by atoms with Crippen LogP contribution in [0.15, 0.2) is 83.5 Å². The summed E-state index contributed by atoms with van der Waals surface area (Å²) < 4.78 is 0. The molecule has 0 radical (unpaired) electrons. The lowest BCUT2D eigenvalue weighted by Crippen LogP contribution is -2.21. The highest BCUT2D eigenvalue weighted by Crippen LogP contribution is 2.51. The van der Waals surface area contributed by atoms with Crippen LogP contribution in [0, 0.1) is 0 Å². The van der Waals surface area contributed by atoms with E-state index in [1.807, 2.05) is 0 Å². The van der Waals surface area contributed by atoms with Crippen molar-refractivity contribution in [3.8, 4) is 0 Å². The van der Waals surface area contributed by atoms with Gasteiger partial charge in [0.1, 0.15) is 0 Å². The van der Waals surface area contributed by atoms with Crippen molar-refractivity contribution in [2.75, 3.05) is 0 Å². The van der Waals surface area contributed by atoms with Crippen LogP contribution in [0.5, 0.6) is 0 Å². The third-order valence-electron chi connectivity index (χ3n) is 8.09. The topological polar surface area (TPSA) is 0 Å². The van der Waals surface area contributed by atoms with E-state index >= 15 is 0 Å². The fourth-order valence-corrected chi connectivity index (χ4v) is 6.35. The Morgan fingerprint density at radius 2 is 1.53 bits per heavy atom. The maximum Gasteiger partial charge on any atom is 0.0148 e. The van der Waals surface area contributed by atoms with Gasteiger partial charge in [0.25, 0.3) is 0 Å². The molecule has 0 aliphatic heterocycles. The standard InChI is InChI=1S/C32H40/c1-7-14-25-26-16-10-12-18-29(26)32(5,6)30(25)20-13-19-27-23(8-2)21-22-24-15-9-11-17-28(24)31(27,3)4/h9-13,15-20,25H,7-8,14,21-22H2,1-6H3/b19-13+,30-20+. The Labute approximate surface area is 196 Å². The van der Waals surface area contributed by atoms with Crippen LogP contribution in [-0.2, 0) is 17.3 Å². The van der Waals surface area contributed by atoms with Crippen LogP contribution in [0.4, 0.5) is 0 Å². The van der Waals surface area contributed by atoms with E-state index in [0.717, 1.165) is 12.8 Å². The van der Waals surface area contributed by atoms with Crippen molar-refractivity contribution in [1.82, 2.24) is 0 Å². The fraction of sp³-hybridized carbons (Fsp3) is 0.438. The molecule has 0 heteroatoms. The highest BCUT2D eigenvalue weighted by atomic mass is 14.4. The van der Waals surface area contributed by atoms with E-state index < -0.39 is 0 Å². The first-order valence-corrected chi connectivity index (χ1v) is 12.6. The summed E-state index contributed by atoms with van der Waals surface area (Å²) in [7, 11) is 0. The van der Waals surface area contributed by atoms with Gasteiger partial charge in [-0.1, -0.05) is 126 Å². The molecule has 2 aromatic carbocycles. The van der Waals surface area contributed by atoms with Crippen molar-refractivity contribution in [3.63, 3.8) is 0 Å². The third-order valence-corrected chi connectivity index (χ3v) is 8.09. The van der Waals surface area contributed by atoms with Crippen LogP contribution < -0.4 is 0 Å². The number of allylic oxidation sites excluding steroid dienone is 6. The number of aryl methyl sites for hydroxylation is 1. The van der Waals surface area contributed by atoms with E-state index in [4.69, 9.17) is 0 Å². The van der Waals surface area contributed by atoms with Gasteiger partial charge in [-0.05, 0) is 53.5 Å². The predicted molar refractivity (Wildman–Crippen MR) is 139 cm³/mol. The minimum absolute atomic E-state index is 0.0322. The molecule has 0 fully saturated rings. The van der Waals surface area contributed by atoms with Gasteiger partial charge in [-0.15, -0.1) is 0 Å². The Kier molecular flexibility index (Phi) is 6.35. The molecule has 2 aliphatic carbocycles. The van der Waals surface area contributed by atoms with Crippen LogP contribution in [0.2, 0.25) is 0 Å². The Hall–Kier alpha value is -2.34. The molecule has 2 aromatic rings. The number of benzene rings is 2. The van der Waals surface area contributed by atoms with Gasteiger partial charge < -0.3 is 0 Å². The van der Waals surface area contributed by atoms with Gasteiger partial charge in [0.2, 0.25) is 0 Å². The maximum absolute atomic E-state index is 2.45. The molecule has 0 saturated carbocycles. The molecule has 0 aromatic heterocycles. The minimum atomic E-state index is 0.0322. The van der Waals surface area contributed by atoms with Crippen molar-refractivity contribution in [1.29, 1.82) is 0 Å². The van der Waals surface area contributed by atoms with Crippen LogP contribution in [0.3, 0.4) is 0 Å². The van der Waals surface area contributed by atoms with Gasteiger partial charge in [-0.2, -0.15) is 0 Å². The number of rotatable bonds is 5. The van der Waals surface area contributed by atoms with Crippen LogP contribution in [-0.4, -0.2) is 0 Å². The lowest BCUT2D eigenvalue weighted by atomic mass is 9.74. The van der Waals surface area contributed by atoms with Crippen molar-refractivity contribution in [2.24, 2.45) is 0 Å². The monoisotopic (exact) mass is 424 g/mol. The lowest BCUT2D eigenvalue weighted by molar-refractivity contribution is 0.593. The molecule has 0 N–H and O–H groups in total. The Morgan fingerprint density at radius 3 is 2.25 bits per heavy atom. The van der Waals surface area contributed by atoms with E-state index in [9.17, 15) is 0 Å². The van der Waals surface area contributed by atoms with Gasteiger partial charge in [-0.3, -0.25) is 0 Å². The largest absolute Gasteiger partial charge is 0.0661 e. The fourth-order valence-electron chi connectivity index (χ4n) is 6.35. The lowest BCUT2D eigenvalue weighted by Gasteiger charge is -2.29. The number of fused-ring (bicyclic) bond motifs is 2. The van der Waals surface area contributed by atoms with E-state index in [0.29, 0.717) is 5.92 Å². The second-order valence-corrected chi connectivity index (χ2v) is 10.7. The Bertz CT molecular complexity index is 1070. The number of hydrogen-bond acceptors (Lipinski definition) is 0. The third kappa shape index (κ3) is 3.83. The molecular formula is C32H40. The maximum atomic E-state index is 2.45. The normalized spacial score (nSPS) is 22.8. The summed E-state index contributed by atoms with van der Waals surface area (Å²) in [6.45, 7) is 14.3. The Morgan fingerprint density at radius 1 is 0.844 bits per heavy atom. The summed E-state index contributed by atoms with van der Waals surface area (Å²) in [5.41, 5.74) is 10.9. The zero-order valence-corrected chi connectivity index (χ0v) is 21.0. The zero-order chi connectivity index (χ0) is 22.9. The highest BCUT2D eigenvalue weighted by Gasteiger charge is 2.40. The quantitative estimate of drug-likeness (QED) is 0.449. The second kappa shape index (κ2) is 8.89. The molecule has 0 spiro atoms. The molecule has 168 valence electrons. The molecule has 0 saturated heterocycles. The van der Waals surface area contributed by atoms with Crippen LogP contribution in [0.1, 0.15) is 95.4 Å². The highest BCUT2D eigenvalue weighted by molar-refractivity contribution is 5.55. The summed E-state index contributed by atoms with van der Waals surface area (Å²) in [6, 6.07) is 18.2. The summed E-state index contributed by atoms with van der Waals surface area (Å²) in [6.07, 6.45) is 13.1. The molecule has 1 unspecified atom stereocenters. The smallest absolute Gasteiger partial charge is 0.0148 e. The van der Waals surface area contributed by atoms with E-state index in [-0.39, 0.29) is 10.8 Å². The molecule has 0 nitrogen and oxygen atoms in total. The van der Waals surface area contributed by atoms with Gasteiger partial charge in [0.15, 0.2) is 0 Å². The molecule has 0 amide bonds. The first-order chi connectivity index (χ1) is 15.3. The van der Waals surface area contributed by atoms with Gasteiger partial charge >= 0.3 is 0 Å². The predicted octanol–water partition coefficient (Wildman–Crippen LogP) is 8.97. The van der Waals surface area contributed by atoms with Crippen molar-refractivity contribution >= 4 is 0 Å². The molecule has 0 heterocycles. The first kappa shape index (κ1) is 22.8. The minimum Gasteiger partial charge on any atom is -0.0661 e. The zero-order valence-electron chi connectivity index (χ0n) is 21.0. The molecular weight excluding hydrogens is 384 g/mol. The number of hydrogen-bond donors (Lipinski definition) is 0. The second-order valence-electron chi connectivity index (χ2n) is 10.7. The molecule has 0 bridgehead atoms. The molecule has 1 atom stereocenters. The molecule has 2 aliphatic rings. The van der Waals surface area contributed by atoms with Crippen LogP contribution in [0.25, 0.3) is 0 Å². The van der Waals surface area contributed by atoms with E-state index in [2.05, 4.69) is 108 Å². The average molecular weight is 425 g/mol.